The van der Waals surface area contributed by atoms with Gasteiger partial charge in [-0.25, -0.2) is 0 Å². The fraction of sp³-hybridized carbons (Fsp3) is 0.292. The quantitative estimate of drug-likeness (QED) is 0.171. The maximum atomic E-state index is 13.0. The summed E-state index contributed by atoms with van der Waals surface area (Å²) in [6.07, 6.45) is -0.838. The number of anilines is 1. The average Bonchev–Trinajstić information content (AvgIpc) is 3.22. The smallest absolute Gasteiger partial charge is 0.416 e. The maximum absolute atomic E-state index is 13.0. The molecule has 1 aromatic heterocycles. The van der Waals surface area contributed by atoms with Crippen LogP contribution in [-0.4, -0.2) is 33.0 Å². The molecule has 1 amide bonds. The lowest BCUT2D eigenvalue weighted by atomic mass is 10.2. The zero-order chi connectivity index (χ0) is 25.4. The molecule has 0 spiro atoms. The molecule has 35 heavy (non-hydrogen) atoms. The summed E-state index contributed by atoms with van der Waals surface area (Å²) in [6.45, 7) is 6.91. The molecular formula is C24H24ClF3N4O2S. The number of thioether (sulfide) groups is 1. The number of hydrogen-bond donors (Lipinski definition) is 1. The third kappa shape index (κ3) is 7.25. The van der Waals surface area contributed by atoms with Crippen LogP contribution in [0.25, 0.3) is 11.4 Å². The van der Waals surface area contributed by atoms with Gasteiger partial charge in [0.05, 0.1) is 28.6 Å². The molecule has 2 aromatic carbocycles. The molecule has 0 fully saturated rings. The van der Waals surface area contributed by atoms with Crippen LogP contribution in [0.1, 0.15) is 25.3 Å². The molecule has 0 saturated carbocycles. The molecule has 1 heterocycles. The first-order valence-electron chi connectivity index (χ1n) is 10.8. The number of alkyl halides is 3. The van der Waals surface area contributed by atoms with Crippen LogP contribution in [0.2, 0.25) is 5.02 Å². The molecule has 0 bridgehead atoms. The summed E-state index contributed by atoms with van der Waals surface area (Å²) < 4.78 is 46.4. The van der Waals surface area contributed by atoms with Crippen molar-refractivity contribution in [2.75, 3.05) is 17.7 Å². The fourth-order valence-electron chi connectivity index (χ4n) is 3.05. The highest BCUT2D eigenvalue weighted by molar-refractivity contribution is 7.99. The van der Waals surface area contributed by atoms with Gasteiger partial charge in [-0.2, -0.15) is 13.2 Å². The van der Waals surface area contributed by atoms with Gasteiger partial charge in [0.15, 0.2) is 11.0 Å². The third-order valence-electron chi connectivity index (χ3n) is 4.81. The van der Waals surface area contributed by atoms with Crippen LogP contribution in [0, 0.1) is 0 Å². The lowest BCUT2D eigenvalue weighted by Crippen LogP contribution is -2.16. The number of amides is 1. The minimum atomic E-state index is -4.55. The minimum Gasteiger partial charge on any atom is -0.494 e. The molecule has 3 aromatic rings. The van der Waals surface area contributed by atoms with Crippen molar-refractivity contribution in [3.05, 3.63) is 65.7 Å². The molecule has 0 aliphatic heterocycles. The summed E-state index contributed by atoms with van der Waals surface area (Å²) in [5, 5.41) is 11.3. The highest BCUT2D eigenvalue weighted by Crippen LogP contribution is 2.34. The minimum absolute atomic E-state index is 0.00980. The summed E-state index contributed by atoms with van der Waals surface area (Å²) in [4.78, 5) is 12.4. The Hall–Kier alpha value is -2.98. The van der Waals surface area contributed by atoms with E-state index < -0.39 is 17.6 Å². The largest absolute Gasteiger partial charge is 0.494 e. The predicted octanol–water partition coefficient (Wildman–Crippen LogP) is 6.71. The van der Waals surface area contributed by atoms with Crippen molar-refractivity contribution < 1.29 is 22.7 Å². The lowest BCUT2D eigenvalue weighted by Gasteiger charge is -2.12. The average molecular weight is 525 g/mol. The predicted molar refractivity (Wildman–Crippen MR) is 132 cm³/mol. The number of carbonyl (C=O) groups excluding carboxylic acids is 1. The van der Waals surface area contributed by atoms with Crippen LogP contribution in [-0.2, 0) is 17.5 Å². The number of aromatic nitrogens is 3. The summed E-state index contributed by atoms with van der Waals surface area (Å²) in [7, 11) is 0. The van der Waals surface area contributed by atoms with Crippen molar-refractivity contribution in [2.24, 2.45) is 0 Å². The molecule has 0 atom stereocenters. The van der Waals surface area contributed by atoms with Gasteiger partial charge in [-0.05, 0) is 48.9 Å². The highest BCUT2D eigenvalue weighted by atomic mass is 35.5. The van der Waals surface area contributed by atoms with E-state index >= 15 is 0 Å². The molecule has 0 saturated heterocycles. The molecule has 0 radical (unpaired) electrons. The van der Waals surface area contributed by atoms with Crippen LogP contribution in [0.5, 0.6) is 5.75 Å². The topological polar surface area (TPSA) is 69.0 Å². The SMILES string of the molecule is C=CCn1c(SCC(=O)Nc2cc(C(F)(F)F)ccc2Cl)nnc1-c1ccc(OCCCC)cc1. The third-order valence-corrected chi connectivity index (χ3v) is 6.10. The number of nitrogens with one attached hydrogen (secondary N) is 1. The van der Waals surface area contributed by atoms with Crippen molar-refractivity contribution >= 4 is 35.0 Å². The number of allylic oxidation sites excluding steroid dienone is 1. The van der Waals surface area contributed by atoms with Crippen molar-refractivity contribution in [3.8, 4) is 17.1 Å². The number of benzene rings is 2. The molecule has 1 N–H and O–H groups in total. The normalized spacial score (nSPS) is 11.3. The summed E-state index contributed by atoms with van der Waals surface area (Å²) >= 11 is 7.06. The second-order valence-electron chi connectivity index (χ2n) is 7.46. The second kappa shape index (κ2) is 12.1. The fourth-order valence-corrected chi connectivity index (χ4v) is 3.96. The van der Waals surface area contributed by atoms with Crippen LogP contribution in [0.4, 0.5) is 18.9 Å². The van der Waals surface area contributed by atoms with E-state index in [0.29, 0.717) is 24.1 Å². The number of unbranched alkanes of at least 4 members (excludes halogenated alkanes) is 1. The standard InChI is InChI=1S/C24H24ClF3N4O2S/c1-3-5-13-34-18-9-6-16(7-10-18)22-30-31-23(32(22)12-4-2)35-15-21(33)29-20-14-17(24(26,27)28)8-11-19(20)25/h4,6-11,14H,2-3,5,12-13,15H2,1H3,(H,29,33). The van der Waals surface area contributed by atoms with E-state index in [4.69, 9.17) is 16.3 Å². The van der Waals surface area contributed by atoms with Gasteiger partial charge in [-0.1, -0.05) is 42.8 Å². The summed E-state index contributed by atoms with van der Waals surface area (Å²) in [5.41, 5.74) is -0.196. The molecule has 0 aliphatic rings. The van der Waals surface area contributed by atoms with Gasteiger partial charge in [0.2, 0.25) is 5.91 Å². The van der Waals surface area contributed by atoms with Gasteiger partial charge >= 0.3 is 6.18 Å². The Kier molecular flexibility index (Phi) is 9.22. The van der Waals surface area contributed by atoms with E-state index in [1.165, 1.54) is 0 Å². The van der Waals surface area contributed by atoms with Crippen LogP contribution in [0.15, 0.2) is 60.3 Å². The van der Waals surface area contributed by atoms with Crippen molar-refractivity contribution in [3.63, 3.8) is 0 Å². The van der Waals surface area contributed by atoms with Crippen molar-refractivity contribution in [1.29, 1.82) is 0 Å². The molecule has 0 unspecified atom stereocenters. The number of nitrogens with zero attached hydrogens (tertiary/aromatic N) is 3. The van der Waals surface area contributed by atoms with Gasteiger partial charge in [-0.15, -0.1) is 16.8 Å². The summed E-state index contributed by atoms with van der Waals surface area (Å²) in [6, 6.07) is 10.2. The molecule has 0 aliphatic carbocycles. The summed E-state index contributed by atoms with van der Waals surface area (Å²) in [5.74, 6) is 0.719. The van der Waals surface area contributed by atoms with Gasteiger partial charge in [-0.3, -0.25) is 9.36 Å². The van der Waals surface area contributed by atoms with E-state index in [1.807, 2.05) is 24.3 Å². The number of hydrogen-bond acceptors (Lipinski definition) is 5. The first-order chi connectivity index (χ1) is 16.7. The van der Waals surface area contributed by atoms with Crippen LogP contribution in [0.3, 0.4) is 0 Å². The Labute approximate surface area is 210 Å². The Morgan fingerprint density at radius 2 is 1.97 bits per heavy atom. The molecule has 3 rings (SSSR count). The van der Waals surface area contributed by atoms with Gasteiger partial charge < -0.3 is 10.1 Å². The Bertz CT molecular complexity index is 1170. The van der Waals surface area contributed by atoms with Crippen LogP contribution >= 0.6 is 23.4 Å². The van der Waals surface area contributed by atoms with Crippen molar-refractivity contribution in [1.82, 2.24) is 14.8 Å². The second-order valence-corrected chi connectivity index (χ2v) is 8.81. The zero-order valence-electron chi connectivity index (χ0n) is 18.9. The van der Waals surface area contributed by atoms with E-state index in [9.17, 15) is 18.0 Å². The number of carbonyl (C=O) groups is 1. The van der Waals surface area contributed by atoms with E-state index in [1.54, 1.807) is 10.6 Å². The van der Waals surface area contributed by atoms with Gasteiger partial charge in [0.1, 0.15) is 5.75 Å². The molecular weight excluding hydrogens is 501 g/mol. The number of ether oxygens (including phenoxy) is 1. The highest BCUT2D eigenvalue weighted by Gasteiger charge is 2.31. The molecule has 11 heteroatoms. The van der Waals surface area contributed by atoms with Crippen molar-refractivity contribution in [2.45, 2.75) is 37.6 Å². The Balaban J connectivity index is 1.69. The first kappa shape index (κ1) is 26.6. The molecule has 186 valence electrons. The van der Waals surface area contributed by atoms with Gasteiger partial charge in [0, 0.05) is 12.1 Å². The lowest BCUT2D eigenvalue weighted by molar-refractivity contribution is -0.137. The molecule has 6 nitrogen and oxygen atoms in total. The number of halogens is 4. The zero-order valence-corrected chi connectivity index (χ0v) is 20.5. The monoisotopic (exact) mass is 524 g/mol. The first-order valence-corrected chi connectivity index (χ1v) is 12.2. The van der Waals surface area contributed by atoms with Crippen LogP contribution < -0.4 is 10.1 Å². The maximum Gasteiger partial charge on any atom is 0.416 e. The Morgan fingerprint density at radius 1 is 1.23 bits per heavy atom. The van der Waals surface area contributed by atoms with E-state index in [2.05, 4.69) is 29.0 Å². The van der Waals surface area contributed by atoms with E-state index in [0.717, 1.165) is 54.1 Å². The van der Waals surface area contributed by atoms with Gasteiger partial charge in [0.25, 0.3) is 0 Å². The van der Waals surface area contributed by atoms with E-state index in [-0.39, 0.29) is 16.5 Å². The number of rotatable bonds is 11. The Morgan fingerprint density at radius 3 is 2.63 bits per heavy atom.